The van der Waals surface area contributed by atoms with Gasteiger partial charge in [-0.1, -0.05) is 242 Å². The van der Waals surface area contributed by atoms with Crippen molar-refractivity contribution in [1.82, 2.24) is 0 Å². The summed E-state index contributed by atoms with van der Waals surface area (Å²) in [5.74, 6) is -2.72. The van der Waals surface area contributed by atoms with E-state index < -0.39 is 29.3 Å². The van der Waals surface area contributed by atoms with E-state index in [-0.39, 0.29) is 264 Å². The number of ketones is 8. The van der Waals surface area contributed by atoms with Gasteiger partial charge in [0.1, 0.15) is 46.3 Å². The zero-order chi connectivity index (χ0) is 109. The highest BCUT2D eigenvalue weighted by Gasteiger charge is 2.40. The van der Waals surface area contributed by atoms with Gasteiger partial charge in [-0.25, -0.2) is 0 Å². The zero-order valence-corrected chi connectivity index (χ0v) is 93.6. The molecule has 0 spiro atoms. The van der Waals surface area contributed by atoms with Crippen LogP contribution in [0.3, 0.4) is 0 Å². The maximum Gasteiger partial charge on any atom is 0.306 e. The van der Waals surface area contributed by atoms with Crippen LogP contribution in [0.1, 0.15) is 303 Å². The number of esters is 9. The normalized spacial score (nSPS) is 13.8. The second-order valence-corrected chi connectivity index (χ2v) is 39.8. The summed E-state index contributed by atoms with van der Waals surface area (Å²) < 4.78 is 57.0. The predicted octanol–water partition coefficient (Wildman–Crippen LogP) is 19.7. The van der Waals surface area contributed by atoms with Gasteiger partial charge in [-0.05, 0) is 86.7 Å². The van der Waals surface area contributed by atoms with E-state index in [1.165, 1.54) is 85.3 Å². The van der Waals surface area contributed by atoms with Crippen molar-refractivity contribution >= 4 is 112 Å². The number of allylic oxidation sites excluding steroid dienone is 1. The highest BCUT2D eigenvalue weighted by molar-refractivity contribution is 7.98. The van der Waals surface area contributed by atoms with Crippen LogP contribution >= 0.6 is 11.8 Å². The van der Waals surface area contributed by atoms with Gasteiger partial charge in [-0.3, -0.25) is 81.5 Å². The van der Waals surface area contributed by atoms with Crippen LogP contribution in [0.4, 0.5) is 0 Å². The Kier molecular flexibility index (Phi) is 83.6. The number of rotatable bonds is 51. The second kappa shape index (κ2) is 79.5. The number of thioether (sulfide) groups is 1. The summed E-state index contributed by atoms with van der Waals surface area (Å²) in [6.45, 7) is 62.9. The summed E-state index contributed by atoms with van der Waals surface area (Å²) in [5.41, 5.74) is 1.18. The van der Waals surface area contributed by atoms with E-state index in [1.807, 2.05) is 203 Å². The Bertz CT molecular complexity index is 3460. The summed E-state index contributed by atoms with van der Waals surface area (Å²) in [7, 11) is 16.7. The first kappa shape index (κ1) is 144. The van der Waals surface area contributed by atoms with Crippen molar-refractivity contribution in [3.8, 4) is 0 Å². The second-order valence-electron chi connectivity index (χ2n) is 38.9. The molecule has 0 saturated carbocycles. The number of hydrogen-bond donors (Lipinski definition) is 0. The summed E-state index contributed by atoms with van der Waals surface area (Å²) >= 11 is 1.80. The van der Waals surface area contributed by atoms with Crippen LogP contribution in [-0.2, 0) is 138 Å². The van der Waals surface area contributed by atoms with Gasteiger partial charge in [0, 0.05) is 92.3 Å². The molecule has 0 unspecified atom stereocenters. The summed E-state index contributed by atoms with van der Waals surface area (Å²) in [6, 6.07) is 9.36. The van der Waals surface area contributed by atoms with Crippen LogP contribution in [0, 0.1) is 124 Å². The third-order valence-electron chi connectivity index (χ3n) is 23.8. The Hall–Kier alpha value is -8.22. The van der Waals surface area contributed by atoms with Gasteiger partial charge in [-0.15, -0.1) is 0 Å². The van der Waals surface area contributed by atoms with Crippen molar-refractivity contribution in [1.29, 1.82) is 0 Å². The lowest BCUT2D eigenvalue weighted by Crippen LogP contribution is -2.42. The Morgan fingerprint density at radius 1 is 0.307 bits per heavy atom. The number of hydrogen-bond acceptors (Lipinski definition) is 30. The van der Waals surface area contributed by atoms with Gasteiger partial charge in [-0.2, -0.15) is 11.8 Å². The van der Waals surface area contributed by atoms with Crippen molar-refractivity contribution in [3.63, 3.8) is 0 Å². The molecule has 0 fully saturated rings. The largest absolute Gasteiger partial charge is 0.469 e. The average molecular weight is 1970 g/mol. The fourth-order valence-corrected chi connectivity index (χ4v) is 13.8. The van der Waals surface area contributed by atoms with E-state index in [0.29, 0.717) is 12.3 Å². The van der Waals surface area contributed by atoms with Crippen molar-refractivity contribution < 1.29 is 138 Å². The minimum atomic E-state index is -0.657. The smallest absolute Gasteiger partial charge is 0.306 e. The minimum absolute atomic E-state index is 0.0198. The number of carbonyl (C=O) groups is 17. The van der Waals surface area contributed by atoms with Crippen LogP contribution < -0.4 is 0 Å². The number of benzene rings is 1. The Labute approximate surface area is 830 Å². The van der Waals surface area contributed by atoms with Crippen LogP contribution in [-0.4, -0.2) is 215 Å². The molecule has 1 rings (SSSR count). The van der Waals surface area contributed by atoms with Crippen LogP contribution in [0.15, 0.2) is 42.5 Å². The minimum Gasteiger partial charge on any atom is -0.469 e. The van der Waals surface area contributed by atoms with E-state index in [4.69, 9.17) is 18.9 Å². The molecular weight excluding hydrogens is 1780 g/mol. The summed E-state index contributed by atoms with van der Waals surface area (Å²) in [6.07, 6.45) is 5.97. The molecular formula is C107H188O29S. The van der Waals surface area contributed by atoms with Gasteiger partial charge in [0.2, 0.25) is 0 Å². The molecule has 0 aromatic heterocycles. The molecule has 137 heavy (non-hydrogen) atoms. The van der Waals surface area contributed by atoms with Gasteiger partial charge in [0.15, 0.2) is 0 Å². The van der Waals surface area contributed by atoms with Crippen LogP contribution in [0.25, 0.3) is 0 Å². The van der Waals surface area contributed by atoms with E-state index in [1.54, 1.807) is 39.5 Å². The van der Waals surface area contributed by atoms with Gasteiger partial charge >= 0.3 is 53.7 Å². The molecule has 0 amide bonds. The Morgan fingerprint density at radius 2 is 0.555 bits per heavy atom. The number of carbonyl (C=O) groups excluding carboxylic acids is 17. The zero-order valence-electron chi connectivity index (χ0n) is 92.8. The molecule has 0 bridgehead atoms. The van der Waals surface area contributed by atoms with Crippen LogP contribution in [0.5, 0.6) is 0 Å². The fraction of sp³-hybridized carbons (Fsp3) is 0.766. The van der Waals surface area contributed by atoms with E-state index >= 15 is 0 Å². The molecule has 0 N–H and O–H groups in total. The summed E-state index contributed by atoms with van der Waals surface area (Å²) in [5, 5.41) is 0. The maximum absolute atomic E-state index is 12.1. The third-order valence-corrected chi connectivity index (χ3v) is 24.5. The monoisotopic (exact) mass is 1970 g/mol. The molecule has 0 aliphatic rings. The molecule has 796 valence electrons. The summed E-state index contributed by atoms with van der Waals surface area (Å²) in [4.78, 5) is 196. The average Bonchev–Trinajstić information content (AvgIpc) is 0.834. The third kappa shape index (κ3) is 64.7. The molecule has 1 aromatic rings. The first-order valence-corrected chi connectivity index (χ1v) is 49.3. The first-order chi connectivity index (χ1) is 63.2. The highest BCUT2D eigenvalue weighted by atomic mass is 32.2. The lowest BCUT2D eigenvalue weighted by atomic mass is 9.74. The molecule has 0 heterocycles. The number of methoxy groups -OCH3 is 12. The molecule has 30 heteroatoms. The SMILES string of the molecule is C=C(C(C)C)[C@@H](CCSC)CC(=O)OC.CC[C@@H](C)[C@H](CC(=O)OC)C(=O)C(C)C.CC[C@H](C)[C@H](CC(=O)OC)C(=O)C(C)C.COC(=O)C[C@H](C(=O)C(C)C)C(C)(C)C.COC(=O)C[C@H](C(=O)C(C)C)C(C)(C)OC.COC(=O)C[C@H](C(=O)C(C)C)C(C)C.COC(=O)C[C@H](C(=O)C(C)C)[C@@H](C)OC.COC(=O)C[C@H](C(=O)C(C)C)[C@H](C)OC.COC(=O)C[C@H](C(=O)C(C)C)c1ccccc1. The van der Waals surface area contributed by atoms with Crippen molar-refractivity contribution in [2.75, 3.05) is 97.3 Å². The van der Waals surface area contributed by atoms with Gasteiger partial charge in [0.25, 0.3) is 0 Å². The van der Waals surface area contributed by atoms with Crippen molar-refractivity contribution in [3.05, 3.63) is 48.0 Å². The molecule has 13 atom stereocenters. The lowest BCUT2D eigenvalue weighted by Gasteiger charge is -2.32. The standard InChI is InChI=1S/C14H18O3.C12H22O4.3C12H22O3.C12H22O2S.2C11H20O4.C11H20O3/c1-10(2)14(16)12(9-13(15)17-3)11-7-5-4-6-8-11;1-8(2)11(14)9(7-10(13)15-5)12(3,4)16-6;1-8(2)11(14)9(12(3,4)5)7-10(13)15-6;2*1-6-9(4)10(7-11(13)15-5)12(14)8(2)3;1-9(2)10(3)11(6-7-15-5)8-12(13)14-4;2*1-7(2)11(13)9(8(3)14-4)6-10(12)15-5;1-7(2)9(6-10(12)14-5)11(13)8(3)4/h4-8,10,12H,9H2,1-3H3;8-9H,7H2,1-6H3;8-9H,7H2,1-6H3;2*8-10H,6-7H2,1-5H3;9,11H,3,6-8H2,1-2,4-5H3;2*7-9H,6H2,1-5H3;7-9H,6H2,1-5H3/t12-;2*9-;9-,10+;9-,10-;11-;8-,9+;8-,9-;9-/m011100100/s1. The van der Waals surface area contributed by atoms with Crippen molar-refractivity contribution in [2.45, 2.75) is 315 Å². The Balaban J connectivity index is -0.000000228. The van der Waals surface area contributed by atoms with Crippen molar-refractivity contribution in [2.24, 2.45) is 124 Å². The predicted molar refractivity (Wildman–Crippen MR) is 540 cm³/mol. The number of Topliss-reactive ketones (excluding diaryl/α,β-unsaturated/α-hetero) is 8. The van der Waals surface area contributed by atoms with Gasteiger partial charge < -0.3 is 56.8 Å². The lowest BCUT2D eigenvalue weighted by molar-refractivity contribution is -0.151. The highest BCUT2D eigenvalue weighted by Crippen LogP contribution is 2.34. The van der Waals surface area contributed by atoms with E-state index in [2.05, 4.69) is 64.6 Å². The van der Waals surface area contributed by atoms with E-state index in [9.17, 15) is 81.5 Å². The fourth-order valence-electron chi connectivity index (χ4n) is 13.3. The van der Waals surface area contributed by atoms with Crippen LogP contribution in [0.2, 0.25) is 0 Å². The first-order valence-electron chi connectivity index (χ1n) is 47.9. The number of ether oxygens (including phenoxy) is 12. The molecule has 0 radical (unpaired) electrons. The molecule has 0 saturated heterocycles. The molecule has 1 aromatic carbocycles. The quantitative estimate of drug-likeness (QED) is 0.0332. The van der Waals surface area contributed by atoms with E-state index in [0.717, 1.165) is 36.2 Å². The topological polar surface area (TPSA) is 401 Å². The molecule has 0 aliphatic heterocycles. The Morgan fingerprint density at radius 3 is 0.803 bits per heavy atom. The maximum atomic E-state index is 12.1. The molecule has 0 aliphatic carbocycles. The molecule has 29 nitrogen and oxygen atoms in total. The van der Waals surface area contributed by atoms with Gasteiger partial charge in [0.05, 0.1) is 163 Å².